The van der Waals surface area contributed by atoms with Gasteiger partial charge in [0.2, 0.25) is 0 Å². The van der Waals surface area contributed by atoms with Crippen molar-refractivity contribution in [1.82, 2.24) is 9.97 Å². The van der Waals surface area contributed by atoms with Gasteiger partial charge in [-0.05, 0) is 18.2 Å². The Labute approximate surface area is 114 Å². The zero-order chi connectivity index (χ0) is 14.6. The zero-order valence-electron chi connectivity index (χ0n) is 10.0. The molecule has 9 heteroatoms. The highest BCUT2D eigenvalue weighted by Crippen LogP contribution is 2.15. The van der Waals surface area contributed by atoms with Gasteiger partial charge in [-0.15, -0.1) is 0 Å². The molecule has 1 heterocycles. The van der Waals surface area contributed by atoms with E-state index in [2.05, 4.69) is 20.6 Å². The van der Waals surface area contributed by atoms with Crippen molar-refractivity contribution >= 4 is 27.7 Å². The fraction of sp³-hybridized carbons (Fsp3) is 0. The molecule has 0 fully saturated rings. The summed E-state index contributed by atoms with van der Waals surface area (Å²) in [5.41, 5.74) is 0.210. The molecule has 2 amide bonds. The molecular formula is C11H10N4O4S. The summed E-state index contributed by atoms with van der Waals surface area (Å²) in [6.07, 6.45) is 4.22. The van der Waals surface area contributed by atoms with Crippen molar-refractivity contribution in [3.05, 3.63) is 42.9 Å². The third-order valence-electron chi connectivity index (χ3n) is 2.19. The number of hydrogen-bond donors (Lipinski definition) is 3. The topological polar surface area (TPSA) is 121 Å². The number of amides is 2. The Morgan fingerprint density at radius 1 is 1.20 bits per heavy atom. The van der Waals surface area contributed by atoms with Crippen LogP contribution in [0.4, 0.5) is 16.3 Å². The average molecular weight is 294 g/mol. The van der Waals surface area contributed by atoms with E-state index in [-0.39, 0.29) is 16.4 Å². The fourth-order valence-corrected chi connectivity index (χ4v) is 1.90. The van der Waals surface area contributed by atoms with Crippen molar-refractivity contribution in [1.29, 1.82) is 0 Å². The van der Waals surface area contributed by atoms with Crippen molar-refractivity contribution in [2.24, 2.45) is 0 Å². The smallest absolute Gasteiger partial charge is 0.308 e. The standard InChI is InChI=1S/C11H10N4O4S/c16-11(15-10-7-12-4-5-13-10)14-8-2-1-3-9(6-8)20(17,18)19/h1-7H,(H,17,18,19)(H2,13,14,15,16). The van der Waals surface area contributed by atoms with Crippen LogP contribution in [-0.4, -0.2) is 29.0 Å². The molecule has 2 aromatic rings. The molecule has 0 spiro atoms. The number of aromatic nitrogens is 2. The van der Waals surface area contributed by atoms with E-state index < -0.39 is 16.1 Å². The monoisotopic (exact) mass is 294 g/mol. The molecule has 0 aliphatic heterocycles. The maximum Gasteiger partial charge on any atom is 0.324 e. The SMILES string of the molecule is O=C(Nc1cccc(S(=O)(=O)O)c1)Nc1cnccn1. The van der Waals surface area contributed by atoms with Gasteiger partial charge in [0.25, 0.3) is 10.1 Å². The summed E-state index contributed by atoms with van der Waals surface area (Å²) in [6.45, 7) is 0. The lowest BCUT2D eigenvalue weighted by Crippen LogP contribution is -2.20. The Kier molecular flexibility index (Phi) is 3.91. The molecule has 0 radical (unpaired) electrons. The Morgan fingerprint density at radius 2 is 2.00 bits per heavy atom. The van der Waals surface area contributed by atoms with Crippen LogP contribution in [-0.2, 0) is 10.1 Å². The van der Waals surface area contributed by atoms with Crippen LogP contribution in [0.1, 0.15) is 0 Å². The van der Waals surface area contributed by atoms with E-state index in [1.807, 2.05) is 0 Å². The number of urea groups is 1. The highest BCUT2D eigenvalue weighted by molar-refractivity contribution is 7.85. The summed E-state index contributed by atoms with van der Waals surface area (Å²) in [6, 6.07) is 4.59. The summed E-state index contributed by atoms with van der Waals surface area (Å²) in [5, 5.41) is 4.82. The second-order valence-electron chi connectivity index (χ2n) is 3.67. The minimum absolute atomic E-state index is 0.210. The fourth-order valence-electron chi connectivity index (χ4n) is 1.38. The molecule has 104 valence electrons. The third-order valence-corrected chi connectivity index (χ3v) is 3.04. The molecule has 1 aromatic heterocycles. The number of carbonyl (C=O) groups is 1. The van der Waals surface area contributed by atoms with E-state index >= 15 is 0 Å². The normalized spacial score (nSPS) is 10.8. The van der Waals surface area contributed by atoms with Crippen molar-refractivity contribution < 1.29 is 17.8 Å². The minimum Gasteiger partial charge on any atom is -0.308 e. The number of nitrogens with one attached hydrogen (secondary N) is 2. The number of carbonyl (C=O) groups excluding carboxylic acids is 1. The maximum atomic E-state index is 11.6. The third kappa shape index (κ3) is 3.73. The Hall–Kier alpha value is -2.52. The van der Waals surface area contributed by atoms with E-state index in [0.29, 0.717) is 0 Å². The highest BCUT2D eigenvalue weighted by atomic mass is 32.2. The Morgan fingerprint density at radius 3 is 2.65 bits per heavy atom. The summed E-state index contributed by atoms with van der Waals surface area (Å²) in [7, 11) is -4.31. The summed E-state index contributed by atoms with van der Waals surface area (Å²) in [5.74, 6) is 0.246. The van der Waals surface area contributed by atoms with Gasteiger partial charge in [-0.25, -0.2) is 9.78 Å². The predicted octanol–water partition coefficient (Wildman–Crippen LogP) is 1.37. The number of benzene rings is 1. The molecule has 0 saturated heterocycles. The van der Waals surface area contributed by atoms with Gasteiger partial charge in [-0.2, -0.15) is 8.42 Å². The number of anilines is 2. The lowest BCUT2D eigenvalue weighted by Gasteiger charge is -2.07. The van der Waals surface area contributed by atoms with E-state index in [9.17, 15) is 13.2 Å². The van der Waals surface area contributed by atoms with Gasteiger partial charge in [0.15, 0.2) is 5.82 Å². The van der Waals surface area contributed by atoms with Gasteiger partial charge in [-0.1, -0.05) is 6.07 Å². The van der Waals surface area contributed by atoms with Gasteiger partial charge >= 0.3 is 6.03 Å². The first-order chi connectivity index (χ1) is 9.45. The summed E-state index contributed by atoms with van der Waals surface area (Å²) in [4.78, 5) is 19.0. The maximum absolute atomic E-state index is 11.6. The lowest BCUT2D eigenvalue weighted by molar-refractivity contribution is 0.262. The van der Waals surface area contributed by atoms with Crippen LogP contribution in [0.5, 0.6) is 0 Å². The van der Waals surface area contributed by atoms with Gasteiger partial charge < -0.3 is 5.32 Å². The van der Waals surface area contributed by atoms with E-state index in [1.54, 1.807) is 0 Å². The Balaban J connectivity index is 2.09. The van der Waals surface area contributed by atoms with Crippen molar-refractivity contribution in [3.63, 3.8) is 0 Å². The molecular weight excluding hydrogens is 284 g/mol. The van der Waals surface area contributed by atoms with Crippen LogP contribution in [0.2, 0.25) is 0 Å². The second kappa shape index (κ2) is 5.63. The molecule has 0 saturated carbocycles. The second-order valence-corrected chi connectivity index (χ2v) is 5.09. The van der Waals surface area contributed by atoms with Crippen LogP contribution >= 0.6 is 0 Å². The molecule has 0 atom stereocenters. The molecule has 8 nitrogen and oxygen atoms in total. The molecule has 20 heavy (non-hydrogen) atoms. The molecule has 3 N–H and O–H groups in total. The van der Waals surface area contributed by atoms with E-state index in [0.717, 1.165) is 6.07 Å². The Bertz CT molecular complexity index is 718. The van der Waals surface area contributed by atoms with Crippen molar-refractivity contribution in [2.45, 2.75) is 4.90 Å². The van der Waals surface area contributed by atoms with Crippen molar-refractivity contribution in [3.8, 4) is 0 Å². The quantitative estimate of drug-likeness (QED) is 0.735. The van der Waals surface area contributed by atoms with Crippen LogP contribution in [0.3, 0.4) is 0 Å². The van der Waals surface area contributed by atoms with Crippen molar-refractivity contribution in [2.75, 3.05) is 10.6 Å². The van der Waals surface area contributed by atoms with Crippen LogP contribution in [0.25, 0.3) is 0 Å². The van der Waals surface area contributed by atoms with Gasteiger partial charge in [0.1, 0.15) is 0 Å². The summed E-state index contributed by atoms with van der Waals surface area (Å²) >= 11 is 0. The van der Waals surface area contributed by atoms with Gasteiger partial charge in [0.05, 0.1) is 11.1 Å². The largest absolute Gasteiger partial charge is 0.324 e. The number of hydrogen-bond acceptors (Lipinski definition) is 5. The molecule has 0 unspecified atom stereocenters. The highest BCUT2D eigenvalue weighted by Gasteiger charge is 2.10. The van der Waals surface area contributed by atoms with Crippen LogP contribution in [0.15, 0.2) is 47.8 Å². The minimum atomic E-state index is -4.31. The van der Waals surface area contributed by atoms with Gasteiger partial charge in [0, 0.05) is 18.1 Å². The van der Waals surface area contributed by atoms with Gasteiger partial charge in [-0.3, -0.25) is 14.9 Å². The van der Waals surface area contributed by atoms with Crippen LogP contribution in [0, 0.1) is 0 Å². The lowest BCUT2D eigenvalue weighted by atomic mass is 10.3. The van der Waals surface area contributed by atoms with E-state index in [4.69, 9.17) is 4.55 Å². The van der Waals surface area contributed by atoms with Crippen LogP contribution < -0.4 is 10.6 Å². The molecule has 1 aromatic carbocycles. The predicted molar refractivity (Wildman–Crippen MR) is 70.9 cm³/mol. The number of nitrogens with zero attached hydrogens (tertiary/aromatic N) is 2. The molecule has 2 rings (SSSR count). The zero-order valence-corrected chi connectivity index (χ0v) is 10.8. The average Bonchev–Trinajstić information content (AvgIpc) is 2.39. The first kappa shape index (κ1) is 13.9. The molecule has 0 aliphatic carbocycles. The first-order valence-corrected chi connectivity index (χ1v) is 6.81. The molecule has 0 aliphatic rings. The number of rotatable bonds is 3. The summed E-state index contributed by atoms with van der Waals surface area (Å²) < 4.78 is 30.9. The molecule has 0 bridgehead atoms. The van der Waals surface area contributed by atoms with E-state index in [1.165, 1.54) is 36.8 Å². The first-order valence-electron chi connectivity index (χ1n) is 5.37.